The van der Waals surface area contributed by atoms with Gasteiger partial charge in [0.25, 0.3) is 5.56 Å². The number of carbonyl (C=O) groups excluding carboxylic acids is 1. The lowest BCUT2D eigenvalue weighted by Crippen LogP contribution is -2.42. The zero-order valence-electron chi connectivity index (χ0n) is 24.7. The predicted molar refractivity (Wildman–Crippen MR) is 171 cm³/mol. The van der Waals surface area contributed by atoms with Crippen LogP contribution in [0.15, 0.2) is 89.9 Å². The second-order valence-corrected chi connectivity index (χ2v) is 11.5. The molecule has 0 unspecified atom stereocenters. The fraction of sp³-hybridized carbons (Fsp3) is 0.343. The van der Waals surface area contributed by atoms with Crippen LogP contribution in [0, 0.1) is 0 Å². The number of nitrogens with zero attached hydrogens (tertiary/aromatic N) is 4. The van der Waals surface area contributed by atoms with E-state index in [1.807, 2.05) is 71.8 Å². The second kappa shape index (κ2) is 12.9. The Morgan fingerprint density at radius 3 is 2.67 bits per heavy atom. The maximum Gasteiger partial charge on any atom is 0.262 e. The van der Waals surface area contributed by atoms with Crippen LogP contribution in [0.5, 0.6) is 0 Å². The molecular weight excluding hydrogens is 538 g/mol. The molecule has 1 aliphatic rings. The molecule has 1 fully saturated rings. The van der Waals surface area contributed by atoms with Gasteiger partial charge in [0.1, 0.15) is 5.82 Å². The van der Waals surface area contributed by atoms with E-state index < -0.39 is 0 Å². The molecular formula is C35H39N5O3. The molecule has 1 saturated heterocycles. The Hall–Kier alpha value is -4.27. The summed E-state index contributed by atoms with van der Waals surface area (Å²) in [6.07, 6.45) is 5.56. The first-order chi connectivity index (χ1) is 21.0. The third-order valence-corrected chi connectivity index (χ3v) is 8.52. The summed E-state index contributed by atoms with van der Waals surface area (Å²) in [7, 11) is 1.73. The average molecular weight is 578 g/mol. The standard InChI is InChI=1S/C35H39N5O3/c1-43-21-7-19-40-32-12-5-4-11-31(32)37-34(40)27-9-6-18-38(24-27)33(41)23-28(36)22-25-13-15-29(16-14-25)39-20-17-26-8-2-3-10-30(26)35(39)42/h2-5,8,10-17,20,27-28H,6-7,9,18-19,21-24,36H2,1H3/t27-,28-/m1/s1. The van der Waals surface area contributed by atoms with Crippen molar-refractivity contribution >= 4 is 27.7 Å². The van der Waals surface area contributed by atoms with Crippen molar-refractivity contribution in [2.45, 2.75) is 50.6 Å². The number of amides is 1. The van der Waals surface area contributed by atoms with Gasteiger partial charge in [-0.3, -0.25) is 14.2 Å². The topological polar surface area (TPSA) is 95.4 Å². The van der Waals surface area contributed by atoms with Crippen molar-refractivity contribution in [1.82, 2.24) is 19.0 Å². The number of likely N-dealkylation sites (tertiary alicyclic amines) is 1. The second-order valence-electron chi connectivity index (χ2n) is 11.5. The minimum absolute atomic E-state index is 0.0430. The molecule has 0 spiro atoms. The number of benzene rings is 3. The smallest absolute Gasteiger partial charge is 0.262 e. The molecule has 1 aliphatic heterocycles. The van der Waals surface area contributed by atoms with Crippen LogP contribution in [0.2, 0.25) is 0 Å². The van der Waals surface area contributed by atoms with Gasteiger partial charge < -0.3 is 19.9 Å². The van der Waals surface area contributed by atoms with E-state index in [4.69, 9.17) is 15.5 Å². The predicted octanol–water partition coefficient (Wildman–Crippen LogP) is 5.04. The molecule has 6 rings (SSSR count). The fourth-order valence-corrected chi connectivity index (χ4v) is 6.34. The van der Waals surface area contributed by atoms with Crippen LogP contribution in [0.3, 0.4) is 0 Å². The van der Waals surface area contributed by atoms with Gasteiger partial charge in [-0.2, -0.15) is 0 Å². The number of piperidine rings is 1. The highest BCUT2D eigenvalue weighted by Crippen LogP contribution is 2.30. The number of hydrogen-bond donors (Lipinski definition) is 1. The Morgan fingerprint density at radius 2 is 1.84 bits per heavy atom. The van der Waals surface area contributed by atoms with Gasteiger partial charge >= 0.3 is 0 Å². The van der Waals surface area contributed by atoms with E-state index in [9.17, 15) is 9.59 Å². The SMILES string of the molecule is COCCCn1c([C@@H]2CCCN(C(=O)C[C@H](N)Cc3ccc(-n4ccc5ccccc5c4=O)cc3)C2)nc2ccccc21. The number of pyridine rings is 1. The molecule has 2 N–H and O–H groups in total. The normalized spacial score (nSPS) is 16.1. The Kier molecular flexibility index (Phi) is 8.67. The summed E-state index contributed by atoms with van der Waals surface area (Å²) >= 11 is 0. The van der Waals surface area contributed by atoms with Crippen LogP contribution in [-0.2, 0) is 22.5 Å². The van der Waals surface area contributed by atoms with E-state index in [0.29, 0.717) is 31.4 Å². The lowest BCUT2D eigenvalue weighted by atomic mass is 9.96. The molecule has 222 valence electrons. The molecule has 0 bridgehead atoms. The first-order valence-electron chi connectivity index (χ1n) is 15.2. The molecule has 0 saturated carbocycles. The summed E-state index contributed by atoms with van der Waals surface area (Å²) in [5.74, 6) is 1.35. The molecule has 5 aromatic rings. The van der Waals surface area contributed by atoms with Gasteiger partial charge in [0.2, 0.25) is 5.91 Å². The number of aromatic nitrogens is 3. The van der Waals surface area contributed by atoms with Gasteiger partial charge in [0, 0.05) is 69.0 Å². The van der Waals surface area contributed by atoms with Crippen LogP contribution < -0.4 is 11.3 Å². The highest BCUT2D eigenvalue weighted by molar-refractivity contribution is 5.81. The molecule has 8 heteroatoms. The molecule has 3 aromatic carbocycles. The van der Waals surface area contributed by atoms with E-state index >= 15 is 0 Å². The van der Waals surface area contributed by atoms with E-state index in [2.05, 4.69) is 22.8 Å². The highest BCUT2D eigenvalue weighted by Gasteiger charge is 2.29. The number of methoxy groups -OCH3 is 1. The summed E-state index contributed by atoms with van der Waals surface area (Å²) in [6.45, 7) is 2.95. The monoisotopic (exact) mass is 577 g/mol. The lowest BCUT2D eigenvalue weighted by Gasteiger charge is -2.33. The number of nitrogens with two attached hydrogens (primary N) is 1. The van der Waals surface area contributed by atoms with Crippen LogP contribution >= 0.6 is 0 Å². The van der Waals surface area contributed by atoms with Gasteiger partial charge in [0.05, 0.1) is 11.0 Å². The molecule has 8 nitrogen and oxygen atoms in total. The van der Waals surface area contributed by atoms with Crippen molar-refractivity contribution in [3.8, 4) is 5.69 Å². The summed E-state index contributed by atoms with van der Waals surface area (Å²) in [5, 5.41) is 1.62. The highest BCUT2D eigenvalue weighted by atomic mass is 16.5. The first-order valence-corrected chi connectivity index (χ1v) is 15.2. The van der Waals surface area contributed by atoms with E-state index in [0.717, 1.165) is 65.8 Å². The van der Waals surface area contributed by atoms with Crippen molar-refractivity contribution in [1.29, 1.82) is 0 Å². The molecule has 1 amide bonds. The third-order valence-electron chi connectivity index (χ3n) is 8.52. The van der Waals surface area contributed by atoms with E-state index in [1.54, 1.807) is 11.7 Å². The Labute approximate surface area is 251 Å². The fourth-order valence-electron chi connectivity index (χ4n) is 6.34. The van der Waals surface area contributed by atoms with Gasteiger partial charge in [-0.25, -0.2) is 4.98 Å². The largest absolute Gasteiger partial charge is 0.385 e. The molecule has 2 atom stereocenters. The number of rotatable bonds is 10. The maximum atomic E-state index is 13.4. The lowest BCUT2D eigenvalue weighted by molar-refractivity contribution is -0.132. The number of carbonyl (C=O) groups is 1. The first kappa shape index (κ1) is 28.8. The van der Waals surface area contributed by atoms with Crippen LogP contribution in [0.1, 0.15) is 43.0 Å². The van der Waals surface area contributed by atoms with Crippen molar-refractivity contribution in [2.75, 3.05) is 26.8 Å². The Morgan fingerprint density at radius 1 is 1.05 bits per heavy atom. The molecule has 2 aromatic heterocycles. The number of hydrogen-bond acceptors (Lipinski definition) is 5. The molecule has 43 heavy (non-hydrogen) atoms. The zero-order valence-corrected chi connectivity index (χ0v) is 24.7. The minimum Gasteiger partial charge on any atom is -0.385 e. The number of para-hydroxylation sites is 2. The van der Waals surface area contributed by atoms with Crippen LogP contribution in [-0.4, -0.2) is 57.8 Å². The summed E-state index contributed by atoms with van der Waals surface area (Å²) in [6, 6.07) is 25.4. The van der Waals surface area contributed by atoms with E-state index in [-0.39, 0.29) is 23.4 Å². The van der Waals surface area contributed by atoms with Crippen LogP contribution in [0.25, 0.3) is 27.5 Å². The molecule has 3 heterocycles. The third kappa shape index (κ3) is 6.26. The molecule has 0 radical (unpaired) electrons. The number of imidazole rings is 1. The molecule has 0 aliphatic carbocycles. The number of ether oxygens (including phenoxy) is 1. The van der Waals surface area contributed by atoms with Gasteiger partial charge in [-0.15, -0.1) is 0 Å². The van der Waals surface area contributed by atoms with Crippen molar-refractivity contribution in [3.05, 3.63) is 107 Å². The summed E-state index contributed by atoms with van der Waals surface area (Å²) in [5.41, 5.74) is 10.4. The van der Waals surface area contributed by atoms with Gasteiger partial charge in [-0.05, 0) is 73.0 Å². The van der Waals surface area contributed by atoms with Gasteiger partial charge in [0.15, 0.2) is 0 Å². The van der Waals surface area contributed by atoms with Gasteiger partial charge in [-0.1, -0.05) is 42.5 Å². The van der Waals surface area contributed by atoms with Crippen molar-refractivity contribution in [2.24, 2.45) is 5.73 Å². The van der Waals surface area contributed by atoms with Crippen molar-refractivity contribution in [3.63, 3.8) is 0 Å². The minimum atomic E-state index is -0.291. The zero-order chi connectivity index (χ0) is 29.8. The number of fused-ring (bicyclic) bond motifs is 2. The van der Waals surface area contributed by atoms with E-state index in [1.165, 1.54) is 0 Å². The summed E-state index contributed by atoms with van der Waals surface area (Å²) in [4.78, 5) is 33.4. The summed E-state index contributed by atoms with van der Waals surface area (Å²) < 4.78 is 9.27. The Balaban J connectivity index is 1.09. The maximum absolute atomic E-state index is 13.4. The number of aryl methyl sites for hydroxylation is 1. The average Bonchev–Trinajstić information content (AvgIpc) is 3.40. The Bertz CT molecular complexity index is 1770. The quantitative estimate of drug-likeness (QED) is 0.235. The van der Waals surface area contributed by atoms with Crippen molar-refractivity contribution < 1.29 is 9.53 Å². The van der Waals surface area contributed by atoms with Crippen LogP contribution in [0.4, 0.5) is 0 Å².